The van der Waals surface area contributed by atoms with Gasteiger partial charge in [-0.1, -0.05) is 32.4 Å². The molecule has 0 heterocycles. The van der Waals surface area contributed by atoms with E-state index in [0.717, 1.165) is 11.8 Å². The molecule has 16 heavy (non-hydrogen) atoms. The van der Waals surface area contributed by atoms with E-state index in [4.69, 9.17) is 0 Å². The summed E-state index contributed by atoms with van der Waals surface area (Å²) in [4.78, 5) is 0. The first-order chi connectivity index (χ1) is 7.56. The minimum absolute atomic E-state index is 0.593. The van der Waals surface area contributed by atoms with Gasteiger partial charge in [-0.05, 0) is 67.6 Å². The molecule has 0 saturated heterocycles. The second-order valence-corrected chi connectivity index (χ2v) is 7.19. The third kappa shape index (κ3) is 1.22. The van der Waals surface area contributed by atoms with Gasteiger partial charge in [0.15, 0.2) is 0 Å². The summed E-state index contributed by atoms with van der Waals surface area (Å²) in [6.45, 7) is 7.65. The molecule has 3 atom stereocenters. The lowest BCUT2D eigenvalue weighted by Crippen LogP contribution is -2.33. The standard InChI is InChI=1S/C16H26/c1-15(2)13-9-10-16(15,3)14(11-13)12-7-5-4-6-8-12/h7,13-14H,4-6,8-11H2,1-3H3/t13-,14+,16-/m1/s1. The lowest BCUT2D eigenvalue weighted by Gasteiger charge is -2.41. The van der Waals surface area contributed by atoms with Crippen LogP contribution in [0.15, 0.2) is 11.6 Å². The maximum atomic E-state index is 2.59. The van der Waals surface area contributed by atoms with Gasteiger partial charge in [0.05, 0.1) is 0 Å². The second kappa shape index (κ2) is 3.37. The zero-order chi connectivity index (χ0) is 11.4. The van der Waals surface area contributed by atoms with Gasteiger partial charge >= 0.3 is 0 Å². The fourth-order valence-electron chi connectivity index (χ4n) is 4.94. The van der Waals surface area contributed by atoms with Crippen LogP contribution in [0.25, 0.3) is 0 Å². The molecule has 0 radical (unpaired) electrons. The van der Waals surface area contributed by atoms with Crippen LogP contribution in [0.4, 0.5) is 0 Å². The molecule has 0 heteroatoms. The Labute approximate surface area is 101 Å². The molecule has 3 rings (SSSR count). The highest BCUT2D eigenvalue weighted by atomic mass is 14.7. The van der Waals surface area contributed by atoms with Crippen molar-refractivity contribution in [3.63, 3.8) is 0 Å². The molecule has 0 unspecified atom stereocenters. The summed E-state index contributed by atoms with van der Waals surface area (Å²) in [5.74, 6) is 1.94. The molecule has 90 valence electrons. The highest BCUT2D eigenvalue weighted by molar-refractivity contribution is 5.22. The molecular weight excluding hydrogens is 192 g/mol. The van der Waals surface area contributed by atoms with Crippen molar-refractivity contribution >= 4 is 0 Å². The van der Waals surface area contributed by atoms with E-state index in [1.807, 2.05) is 5.57 Å². The quantitative estimate of drug-likeness (QED) is 0.546. The summed E-state index contributed by atoms with van der Waals surface area (Å²) in [5, 5.41) is 0. The highest BCUT2D eigenvalue weighted by Crippen LogP contribution is 2.69. The lowest BCUT2D eigenvalue weighted by molar-refractivity contribution is 0.116. The molecule has 0 nitrogen and oxygen atoms in total. The highest BCUT2D eigenvalue weighted by Gasteiger charge is 2.61. The molecule has 0 aromatic heterocycles. The van der Waals surface area contributed by atoms with Crippen molar-refractivity contribution in [2.24, 2.45) is 22.7 Å². The first-order valence-electron chi connectivity index (χ1n) is 7.24. The Kier molecular flexibility index (Phi) is 2.29. The number of fused-ring (bicyclic) bond motifs is 2. The fraction of sp³-hybridized carbons (Fsp3) is 0.875. The number of allylic oxidation sites excluding steroid dienone is 2. The SMILES string of the molecule is CC1(C)[C@@H]2CC[C@]1(C)[C@H](C1=CCCCC1)C2. The fourth-order valence-corrected chi connectivity index (χ4v) is 4.94. The Morgan fingerprint density at radius 3 is 2.50 bits per heavy atom. The first-order valence-corrected chi connectivity index (χ1v) is 7.24. The molecule has 2 saturated carbocycles. The third-order valence-corrected chi connectivity index (χ3v) is 6.57. The van der Waals surface area contributed by atoms with Crippen LogP contribution in [0.3, 0.4) is 0 Å². The smallest absolute Gasteiger partial charge is 0.0141 e. The molecular formula is C16H26. The van der Waals surface area contributed by atoms with E-state index in [9.17, 15) is 0 Å². The molecule has 3 aliphatic rings. The molecule has 0 amide bonds. The normalized spacial score (nSPS) is 45.8. The Morgan fingerprint density at radius 1 is 1.19 bits per heavy atom. The van der Waals surface area contributed by atoms with Crippen LogP contribution in [0, 0.1) is 22.7 Å². The summed E-state index contributed by atoms with van der Waals surface area (Å²) < 4.78 is 0. The van der Waals surface area contributed by atoms with Crippen LogP contribution in [0.1, 0.15) is 65.7 Å². The van der Waals surface area contributed by atoms with E-state index < -0.39 is 0 Å². The van der Waals surface area contributed by atoms with Crippen LogP contribution < -0.4 is 0 Å². The molecule has 0 N–H and O–H groups in total. The molecule has 0 aliphatic heterocycles. The Hall–Kier alpha value is -0.260. The van der Waals surface area contributed by atoms with Crippen molar-refractivity contribution in [2.45, 2.75) is 65.7 Å². The average molecular weight is 218 g/mol. The van der Waals surface area contributed by atoms with Gasteiger partial charge in [-0.15, -0.1) is 0 Å². The molecule has 2 fully saturated rings. The summed E-state index contributed by atoms with van der Waals surface area (Å²) in [6, 6.07) is 0. The summed E-state index contributed by atoms with van der Waals surface area (Å²) >= 11 is 0. The van der Waals surface area contributed by atoms with Gasteiger partial charge in [-0.25, -0.2) is 0 Å². The number of hydrogen-bond acceptors (Lipinski definition) is 0. The van der Waals surface area contributed by atoms with Crippen LogP contribution in [-0.4, -0.2) is 0 Å². The minimum Gasteiger partial charge on any atom is -0.0850 e. The van der Waals surface area contributed by atoms with Crippen molar-refractivity contribution in [1.29, 1.82) is 0 Å². The van der Waals surface area contributed by atoms with Gasteiger partial charge < -0.3 is 0 Å². The predicted octanol–water partition coefficient (Wildman–Crippen LogP) is 4.95. The summed E-state index contributed by atoms with van der Waals surface area (Å²) in [5.41, 5.74) is 3.04. The lowest BCUT2D eigenvalue weighted by atomic mass is 9.64. The van der Waals surface area contributed by atoms with Gasteiger partial charge in [0, 0.05) is 0 Å². The third-order valence-electron chi connectivity index (χ3n) is 6.57. The molecule has 2 bridgehead atoms. The summed E-state index contributed by atoms with van der Waals surface area (Å²) in [6.07, 6.45) is 12.7. The topological polar surface area (TPSA) is 0 Å². The summed E-state index contributed by atoms with van der Waals surface area (Å²) in [7, 11) is 0. The Balaban J connectivity index is 1.92. The van der Waals surface area contributed by atoms with Gasteiger partial charge in [0.1, 0.15) is 0 Å². The predicted molar refractivity (Wildman–Crippen MR) is 69.3 cm³/mol. The van der Waals surface area contributed by atoms with Crippen molar-refractivity contribution in [3.05, 3.63) is 11.6 Å². The van der Waals surface area contributed by atoms with Crippen molar-refractivity contribution in [1.82, 2.24) is 0 Å². The van der Waals surface area contributed by atoms with Gasteiger partial charge in [-0.3, -0.25) is 0 Å². The monoisotopic (exact) mass is 218 g/mol. The van der Waals surface area contributed by atoms with Crippen LogP contribution >= 0.6 is 0 Å². The van der Waals surface area contributed by atoms with E-state index in [2.05, 4.69) is 26.8 Å². The molecule has 0 spiro atoms. The molecule has 0 aromatic carbocycles. The second-order valence-electron chi connectivity index (χ2n) is 7.19. The minimum atomic E-state index is 0.593. The Bertz CT molecular complexity index is 323. The molecule has 3 aliphatic carbocycles. The van der Waals surface area contributed by atoms with Gasteiger partial charge in [0.25, 0.3) is 0 Å². The maximum Gasteiger partial charge on any atom is -0.0141 e. The zero-order valence-corrected chi connectivity index (χ0v) is 11.2. The average Bonchev–Trinajstić information content (AvgIpc) is 2.62. The number of rotatable bonds is 1. The van der Waals surface area contributed by atoms with E-state index in [-0.39, 0.29) is 0 Å². The van der Waals surface area contributed by atoms with E-state index in [1.165, 1.54) is 44.9 Å². The van der Waals surface area contributed by atoms with Crippen LogP contribution in [-0.2, 0) is 0 Å². The van der Waals surface area contributed by atoms with Crippen molar-refractivity contribution in [3.8, 4) is 0 Å². The number of hydrogen-bond donors (Lipinski definition) is 0. The van der Waals surface area contributed by atoms with Crippen molar-refractivity contribution < 1.29 is 0 Å². The molecule has 0 aromatic rings. The largest absolute Gasteiger partial charge is 0.0850 e. The zero-order valence-electron chi connectivity index (χ0n) is 11.2. The van der Waals surface area contributed by atoms with Crippen LogP contribution in [0.2, 0.25) is 0 Å². The Morgan fingerprint density at radius 2 is 2.00 bits per heavy atom. The maximum absolute atomic E-state index is 2.59. The first kappa shape index (κ1) is 10.9. The van der Waals surface area contributed by atoms with Gasteiger partial charge in [0.2, 0.25) is 0 Å². The van der Waals surface area contributed by atoms with Gasteiger partial charge in [-0.2, -0.15) is 0 Å². The van der Waals surface area contributed by atoms with E-state index >= 15 is 0 Å². The van der Waals surface area contributed by atoms with E-state index in [0.29, 0.717) is 10.8 Å². The van der Waals surface area contributed by atoms with Crippen molar-refractivity contribution in [2.75, 3.05) is 0 Å². The van der Waals surface area contributed by atoms with E-state index in [1.54, 1.807) is 0 Å². The van der Waals surface area contributed by atoms with Crippen LogP contribution in [0.5, 0.6) is 0 Å².